The summed E-state index contributed by atoms with van der Waals surface area (Å²) in [5.41, 5.74) is 4.25. The quantitative estimate of drug-likeness (QED) is 0.729. The standard InChI is InChI=1S/C10H12N2S2/c1-12(2)10-8(13-3)5-4-7-9(10)11-6-14-7/h4-6H,1-3H3. The van der Waals surface area contributed by atoms with E-state index in [-0.39, 0.29) is 0 Å². The fraction of sp³-hybridized carbons (Fsp3) is 0.300. The summed E-state index contributed by atoms with van der Waals surface area (Å²) in [4.78, 5) is 7.83. The smallest absolute Gasteiger partial charge is 0.106 e. The van der Waals surface area contributed by atoms with E-state index in [1.54, 1.807) is 23.1 Å². The van der Waals surface area contributed by atoms with Crippen LogP contribution in [-0.2, 0) is 0 Å². The molecule has 2 aromatic rings. The van der Waals surface area contributed by atoms with E-state index in [0.717, 1.165) is 5.52 Å². The predicted octanol–water partition coefficient (Wildman–Crippen LogP) is 3.08. The molecule has 0 bridgehead atoms. The molecule has 0 spiro atoms. The van der Waals surface area contributed by atoms with Gasteiger partial charge in [0.05, 0.1) is 15.9 Å². The third-order valence-electron chi connectivity index (χ3n) is 2.11. The number of aromatic nitrogens is 1. The summed E-state index contributed by atoms with van der Waals surface area (Å²) in [5.74, 6) is 0. The normalized spacial score (nSPS) is 10.8. The van der Waals surface area contributed by atoms with E-state index in [1.165, 1.54) is 15.3 Å². The number of nitrogens with zero attached hydrogens (tertiary/aromatic N) is 2. The summed E-state index contributed by atoms with van der Waals surface area (Å²) in [6.07, 6.45) is 2.10. The second-order valence-electron chi connectivity index (χ2n) is 3.21. The number of hydrogen-bond donors (Lipinski definition) is 0. The molecule has 2 rings (SSSR count). The lowest BCUT2D eigenvalue weighted by Gasteiger charge is -2.16. The highest BCUT2D eigenvalue weighted by Gasteiger charge is 2.10. The maximum atomic E-state index is 4.41. The van der Waals surface area contributed by atoms with Crippen molar-refractivity contribution in [2.75, 3.05) is 25.3 Å². The van der Waals surface area contributed by atoms with Gasteiger partial charge in [0.25, 0.3) is 0 Å². The van der Waals surface area contributed by atoms with Crippen molar-refractivity contribution in [2.24, 2.45) is 0 Å². The van der Waals surface area contributed by atoms with Crippen molar-refractivity contribution in [1.29, 1.82) is 0 Å². The van der Waals surface area contributed by atoms with Crippen molar-refractivity contribution in [3.63, 3.8) is 0 Å². The van der Waals surface area contributed by atoms with E-state index < -0.39 is 0 Å². The molecule has 0 fully saturated rings. The minimum atomic E-state index is 1.12. The summed E-state index contributed by atoms with van der Waals surface area (Å²) in [6, 6.07) is 4.31. The van der Waals surface area contributed by atoms with Crippen LogP contribution < -0.4 is 4.90 Å². The van der Waals surface area contributed by atoms with Gasteiger partial charge in [-0.1, -0.05) is 0 Å². The van der Waals surface area contributed by atoms with Crippen LogP contribution in [0.5, 0.6) is 0 Å². The van der Waals surface area contributed by atoms with Crippen LogP contribution in [0, 0.1) is 0 Å². The van der Waals surface area contributed by atoms with Crippen molar-refractivity contribution < 1.29 is 0 Å². The Morgan fingerprint density at radius 1 is 1.36 bits per heavy atom. The van der Waals surface area contributed by atoms with Gasteiger partial charge in [-0.05, 0) is 18.4 Å². The van der Waals surface area contributed by atoms with Crippen LogP contribution in [0.2, 0.25) is 0 Å². The van der Waals surface area contributed by atoms with Crippen LogP contribution in [-0.4, -0.2) is 25.3 Å². The molecule has 0 radical (unpaired) electrons. The third kappa shape index (κ3) is 1.48. The van der Waals surface area contributed by atoms with Crippen LogP contribution in [0.3, 0.4) is 0 Å². The number of thiazole rings is 1. The van der Waals surface area contributed by atoms with E-state index in [1.807, 2.05) is 5.51 Å². The predicted molar refractivity (Wildman–Crippen MR) is 65.7 cm³/mol. The average molecular weight is 224 g/mol. The summed E-state index contributed by atoms with van der Waals surface area (Å²) in [5, 5.41) is 0. The molecule has 0 aliphatic heterocycles. The Bertz CT molecular complexity index is 448. The molecule has 0 N–H and O–H groups in total. The van der Waals surface area contributed by atoms with Crippen LogP contribution in [0.1, 0.15) is 0 Å². The first-order valence-corrected chi connectivity index (χ1v) is 6.42. The Labute approximate surface area is 92.0 Å². The third-order valence-corrected chi connectivity index (χ3v) is 3.67. The Kier molecular flexibility index (Phi) is 2.65. The van der Waals surface area contributed by atoms with Crippen LogP contribution in [0.15, 0.2) is 22.5 Å². The number of anilines is 1. The van der Waals surface area contributed by atoms with Gasteiger partial charge in [-0.2, -0.15) is 0 Å². The molecule has 74 valence electrons. The monoisotopic (exact) mass is 224 g/mol. The van der Waals surface area contributed by atoms with Crippen molar-refractivity contribution in [2.45, 2.75) is 4.90 Å². The van der Waals surface area contributed by atoms with E-state index in [4.69, 9.17) is 0 Å². The molecule has 1 aromatic carbocycles. The van der Waals surface area contributed by atoms with Gasteiger partial charge in [0.15, 0.2) is 0 Å². The van der Waals surface area contributed by atoms with Crippen molar-refractivity contribution >= 4 is 39.0 Å². The molecule has 0 aliphatic rings. The van der Waals surface area contributed by atoms with E-state index >= 15 is 0 Å². The largest absolute Gasteiger partial charge is 0.375 e. The van der Waals surface area contributed by atoms with Crippen LogP contribution in [0.4, 0.5) is 5.69 Å². The summed E-state index contributed by atoms with van der Waals surface area (Å²) >= 11 is 3.46. The summed E-state index contributed by atoms with van der Waals surface area (Å²) in [6.45, 7) is 0. The van der Waals surface area contributed by atoms with Gasteiger partial charge in [-0.25, -0.2) is 4.98 Å². The zero-order valence-electron chi connectivity index (χ0n) is 8.44. The maximum Gasteiger partial charge on any atom is 0.106 e. The first-order chi connectivity index (χ1) is 6.74. The van der Waals surface area contributed by atoms with Crippen molar-refractivity contribution in [3.05, 3.63) is 17.6 Å². The topological polar surface area (TPSA) is 16.1 Å². The van der Waals surface area contributed by atoms with Gasteiger partial charge in [0.2, 0.25) is 0 Å². The molecule has 14 heavy (non-hydrogen) atoms. The molecular weight excluding hydrogens is 212 g/mol. The first kappa shape index (κ1) is 9.80. The van der Waals surface area contributed by atoms with Crippen molar-refractivity contribution in [3.8, 4) is 0 Å². The average Bonchev–Trinajstić information content (AvgIpc) is 2.62. The van der Waals surface area contributed by atoms with Gasteiger partial charge in [-0.3, -0.25) is 0 Å². The molecule has 0 unspecified atom stereocenters. The van der Waals surface area contributed by atoms with Gasteiger partial charge in [0.1, 0.15) is 5.52 Å². The molecule has 0 saturated carbocycles. The minimum Gasteiger partial charge on any atom is -0.375 e. The van der Waals surface area contributed by atoms with Gasteiger partial charge >= 0.3 is 0 Å². The molecule has 1 aromatic heterocycles. The van der Waals surface area contributed by atoms with Crippen LogP contribution >= 0.6 is 23.1 Å². The minimum absolute atomic E-state index is 1.12. The number of thioether (sulfide) groups is 1. The SMILES string of the molecule is CSc1ccc2scnc2c1N(C)C. The summed E-state index contributed by atoms with van der Waals surface area (Å²) < 4.78 is 1.26. The van der Waals surface area contributed by atoms with E-state index in [2.05, 4.69) is 42.4 Å². The molecule has 0 atom stereocenters. The highest BCUT2D eigenvalue weighted by Crippen LogP contribution is 2.35. The Hall–Kier alpha value is -0.740. The number of hydrogen-bond acceptors (Lipinski definition) is 4. The highest BCUT2D eigenvalue weighted by atomic mass is 32.2. The zero-order valence-corrected chi connectivity index (χ0v) is 10.1. The van der Waals surface area contributed by atoms with E-state index in [0.29, 0.717) is 0 Å². The first-order valence-electron chi connectivity index (χ1n) is 4.31. The van der Waals surface area contributed by atoms with Gasteiger partial charge < -0.3 is 4.90 Å². The Morgan fingerprint density at radius 3 is 2.79 bits per heavy atom. The zero-order chi connectivity index (χ0) is 10.1. The molecule has 1 heterocycles. The number of rotatable bonds is 2. The molecular formula is C10H12N2S2. The lowest BCUT2D eigenvalue weighted by atomic mass is 10.2. The summed E-state index contributed by atoms with van der Waals surface area (Å²) in [7, 11) is 4.13. The van der Waals surface area contributed by atoms with Crippen LogP contribution in [0.25, 0.3) is 10.2 Å². The second-order valence-corrected chi connectivity index (χ2v) is 4.94. The Morgan fingerprint density at radius 2 is 2.14 bits per heavy atom. The van der Waals surface area contributed by atoms with Gasteiger partial charge in [-0.15, -0.1) is 23.1 Å². The highest BCUT2D eigenvalue weighted by molar-refractivity contribution is 7.98. The lowest BCUT2D eigenvalue weighted by Crippen LogP contribution is -2.10. The van der Waals surface area contributed by atoms with E-state index in [9.17, 15) is 0 Å². The molecule has 4 heteroatoms. The molecule has 0 aliphatic carbocycles. The number of fused-ring (bicyclic) bond motifs is 1. The van der Waals surface area contributed by atoms with Gasteiger partial charge in [0, 0.05) is 19.0 Å². The number of benzene rings is 1. The second kappa shape index (κ2) is 3.79. The Balaban J connectivity index is 2.75. The maximum absolute atomic E-state index is 4.41. The lowest BCUT2D eigenvalue weighted by molar-refractivity contribution is 1.11. The fourth-order valence-corrected chi connectivity index (χ4v) is 2.85. The molecule has 0 amide bonds. The molecule has 0 saturated heterocycles. The molecule has 2 nitrogen and oxygen atoms in total. The van der Waals surface area contributed by atoms with Crippen molar-refractivity contribution in [1.82, 2.24) is 4.98 Å². The fourth-order valence-electron chi connectivity index (χ4n) is 1.50.